The highest BCUT2D eigenvalue weighted by atomic mass is 79.9. The molecule has 0 fully saturated rings. The van der Waals surface area contributed by atoms with E-state index in [0.717, 1.165) is 5.56 Å². The van der Waals surface area contributed by atoms with Crippen molar-refractivity contribution in [1.29, 1.82) is 0 Å². The van der Waals surface area contributed by atoms with E-state index in [4.69, 9.17) is 0 Å². The summed E-state index contributed by atoms with van der Waals surface area (Å²) in [4.78, 5) is 4.05. The van der Waals surface area contributed by atoms with Crippen LogP contribution < -0.4 is 4.72 Å². The highest BCUT2D eigenvalue weighted by Gasteiger charge is 2.17. The van der Waals surface area contributed by atoms with Gasteiger partial charge in [0.05, 0.1) is 16.0 Å². The summed E-state index contributed by atoms with van der Waals surface area (Å²) in [6.45, 7) is 1.60. The summed E-state index contributed by atoms with van der Waals surface area (Å²) in [6, 6.07) is 7.99. The molecule has 0 amide bonds. The molecule has 0 unspecified atom stereocenters. The van der Waals surface area contributed by atoms with E-state index in [0.29, 0.717) is 10.0 Å². The van der Waals surface area contributed by atoms with E-state index >= 15 is 0 Å². The number of nitrogens with zero attached hydrogens (tertiary/aromatic N) is 1. The lowest BCUT2D eigenvalue weighted by molar-refractivity contribution is 0.281. The number of aliphatic hydroxyl groups excluding tert-OH is 1. The molecule has 20 heavy (non-hydrogen) atoms. The van der Waals surface area contributed by atoms with Gasteiger partial charge in [-0.25, -0.2) is 13.4 Å². The maximum absolute atomic E-state index is 12.3. The average Bonchev–Trinajstić information content (AvgIpc) is 2.41. The van der Waals surface area contributed by atoms with Crippen molar-refractivity contribution < 1.29 is 13.5 Å². The van der Waals surface area contributed by atoms with Crippen molar-refractivity contribution in [2.75, 3.05) is 4.72 Å². The normalized spacial score (nSPS) is 11.3. The van der Waals surface area contributed by atoms with Crippen LogP contribution in [0.1, 0.15) is 11.1 Å². The molecule has 106 valence electrons. The maximum atomic E-state index is 12.3. The summed E-state index contributed by atoms with van der Waals surface area (Å²) < 4.78 is 27.5. The second-order valence-corrected chi connectivity index (χ2v) is 6.72. The summed E-state index contributed by atoms with van der Waals surface area (Å²) >= 11 is 3.23. The fraction of sp³-hybridized carbons (Fsp3) is 0.154. The van der Waals surface area contributed by atoms with Crippen LogP contribution in [0.3, 0.4) is 0 Å². The maximum Gasteiger partial charge on any atom is 0.263 e. The van der Waals surface area contributed by atoms with E-state index in [1.807, 2.05) is 6.92 Å². The Hall–Kier alpha value is -1.44. The predicted octanol–water partition coefficient (Wildman–Crippen LogP) is 2.45. The molecule has 5 nitrogen and oxygen atoms in total. The lowest BCUT2D eigenvalue weighted by atomic mass is 10.1. The predicted molar refractivity (Wildman–Crippen MR) is 79.8 cm³/mol. The van der Waals surface area contributed by atoms with Gasteiger partial charge in [0.15, 0.2) is 5.82 Å². The van der Waals surface area contributed by atoms with Gasteiger partial charge in [0.2, 0.25) is 0 Å². The minimum absolute atomic E-state index is 0.0877. The van der Waals surface area contributed by atoms with Crippen LogP contribution in [0.15, 0.2) is 45.9 Å². The number of hydrogen-bond donors (Lipinski definition) is 2. The molecule has 7 heteroatoms. The number of nitrogens with one attached hydrogen (secondary N) is 1. The molecule has 0 bridgehead atoms. The molecular formula is C13H13BrN2O3S. The van der Waals surface area contributed by atoms with Crippen LogP contribution >= 0.6 is 15.9 Å². The number of aryl methyl sites for hydroxylation is 1. The fourth-order valence-corrected chi connectivity index (χ4v) is 3.20. The molecule has 0 aliphatic carbocycles. The second-order valence-electron chi connectivity index (χ2n) is 4.19. The van der Waals surface area contributed by atoms with E-state index < -0.39 is 10.0 Å². The zero-order chi connectivity index (χ0) is 14.8. The first-order valence-corrected chi connectivity index (χ1v) is 8.05. The zero-order valence-corrected chi connectivity index (χ0v) is 13.1. The molecule has 2 aromatic rings. The van der Waals surface area contributed by atoms with Crippen LogP contribution in [0, 0.1) is 6.92 Å². The van der Waals surface area contributed by atoms with Gasteiger partial charge in [0.25, 0.3) is 10.0 Å². The van der Waals surface area contributed by atoms with Crippen LogP contribution in [-0.4, -0.2) is 18.5 Å². The SMILES string of the molecule is Cc1ccc(S(=O)(=O)Nc2ncccc2Br)cc1CO. The van der Waals surface area contributed by atoms with Gasteiger partial charge in [-0.05, 0) is 58.2 Å². The van der Waals surface area contributed by atoms with Crippen molar-refractivity contribution in [3.05, 3.63) is 52.1 Å². The minimum Gasteiger partial charge on any atom is -0.392 e. The van der Waals surface area contributed by atoms with Gasteiger partial charge < -0.3 is 5.11 Å². The quantitative estimate of drug-likeness (QED) is 0.881. The lowest BCUT2D eigenvalue weighted by Gasteiger charge is -2.10. The van der Waals surface area contributed by atoms with Gasteiger partial charge in [-0.2, -0.15) is 0 Å². The Morgan fingerprint density at radius 3 is 2.75 bits per heavy atom. The molecule has 1 heterocycles. The second kappa shape index (κ2) is 5.90. The summed E-state index contributed by atoms with van der Waals surface area (Å²) in [5.74, 6) is 0.221. The van der Waals surface area contributed by atoms with Crippen molar-refractivity contribution in [3.8, 4) is 0 Å². The first-order valence-electron chi connectivity index (χ1n) is 5.78. The molecule has 0 spiro atoms. The molecule has 0 aliphatic heterocycles. The number of anilines is 1. The monoisotopic (exact) mass is 356 g/mol. The Kier molecular flexibility index (Phi) is 4.42. The third-order valence-corrected chi connectivity index (χ3v) is 4.77. The third-order valence-electron chi connectivity index (χ3n) is 2.79. The van der Waals surface area contributed by atoms with Crippen molar-refractivity contribution in [1.82, 2.24) is 4.98 Å². The van der Waals surface area contributed by atoms with E-state index in [9.17, 15) is 13.5 Å². The summed E-state index contributed by atoms with van der Waals surface area (Å²) in [5.41, 5.74) is 1.42. The van der Waals surface area contributed by atoms with Crippen molar-refractivity contribution in [2.45, 2.75) is 18.4 Å². The van der Waals surface area contributed by atoms with Crippen molar-refractivity contribution >= 4 is 31.8 Å². The molecule has 2 rings (SSSR count). The molecule has 0 saturated carbocycles. The topological polar surface area (TPSA) is 79.3 Å². The van der Waals surface area contributed by atoms with Crippen LogP contribution in [0.4, 0.5) is 5.82 Å². The Labute approximate surface area is 125 Å². The number of sulfonamides is 1. The van der Waals surface area contributed by atoms with E-state index in [1.54, 1.807) is 18.2 Å². The number of aromatic nitrogens is 1. The standard InChI is InChI=1S/C13H13BrN2O3S/c1-9-4-5-11(7-10(9)8-17)20(18,19)16-13-12(14)3-2-6-15-13/h2-7,17H,8H2,1H3,(H,15,16). The summed E-state index contributed by atoms with van der Waals surface area (Å²) in [7, 11) is -3.74. The Morgan fingerprint density at radius 2 is 2.10 bits per heavy atom. The summed E-state index contributed by atoms with van der Waals surface area (Å²) in [6.07, 6.45) is 1.50. The molecule has 1 aromatic carbocycles. The molecule has 2 N–H and O–H groups in total. The third kappa shape index (κ3) is 3.17. The fourth-order valence-electron chi connectivity index (χ4n) is 1.63. The summed E-state index contributed by atoms with van der Waals surface area (Å²) in [5, 5.41) is 9.21. The van der Waals surface area contributed by atoms with Gasteiger partial charge >= 0.3 is 0 Å². The zero-order valence-electron chi connectivity index (χ0n) is 10.7. The highest BCUT2D eigenvalue weighted by molar-refractivity contribution is 9.10. The van der Waals surface area contributed by atoms with Gasteiger partial charge in [0.1, 0.15) is 0 Å². The number of benzene rings is 1. The van der Waals surface area contributed by atoms with Crippen LogP contribution in [0.2, 0.25) is 0 Å². The van der Waals surface area contributed by atoms with Crippen molar-refractivity contribution in [2.24, 2.45) is 0 Å². The van der Waals surface area contributed by atoms with Gasteiger partial charge in [0, 0.05) is 6.20 Å². The Morgan fingerprint density at radius 1 is 1.35 bits per heavy atom. The van der Waals surface area contributed by atoms with E-state index in [-0.39, 0.29) is 17.3 Å². The van der Waals surface area contributed by atoms with Gasteiger partial charge in [-0.1, -0.05) is 6.07 Å². The first-order chi connectivity index (χ1) is 9.44. The lowest BCUT2D eigenvalue weighted by Crippen LogP contribution is -2.14. The number of rotatable bonds is 4. The van der Waals surface area contributed by atoms with Gasteiger partial charge in [-0.15, -0.1) is 0 Å². The molecule has 1 aromatic heterocycles. The smallest absolute Gasteiger partial charge is 0.263 e. The van der Waals surface area contributed by atoms with E-state index in [2.05, 4.69) is 25.6 Å². The number of aliphatic hydroxyl groups is 1. The van der Waals surface area contributed by atoms with Gasteiger partial charge in [-0.3, -0.25) is 4.72 Å². The van der Waals surface area contributed by atoms with Crippen LogP contribution in [-0.2, 0) is 16.6 Å². The molecular weight excluding hydrogens is 344 g/mol. The Bertz CT molecular complexity index is 732. The first kappa shape index (κ1) is 15.0. The number of halogens is 1. The van der Waals surface area contributed by atoms with Crippen LogP contribution in [0.25, 0.3) is 0 Å². The highest BCUT2D eigenvalue weighted by Crippen LogP contribution is 2.23. The van der Waals surface area contributed by atoms with Crippen molar-refractivity contribution in [3.63, 3.8) is 0 Å². The largest absolute Gasteiger partial charge is 0.392 e. The van der Waals surface area contributed by atoms with E-state index in [1.165, 1.54) is 18.3 Å². The van der Waals surface area contributed by atoms with Crippen LogP contribution in [0.5, 0.6) is 0 Å². The Balaban J connectivity index is 2.38. The minimum atomic E-state index is -3.74. The number of hydrogen-bond acceptors (Lipinski definition) is 4. The molecule has 0 saturated heterocycles. The average molecular weight is 357 g/mol. The molecule has 0 aliphatic rings. The molecule has 0 atom stereocenters. The number of pyridine rings is 1. The molecule has 0 radical (unpaired) electrons.